The summed E-state index contributed by atoms with van der Waals surface area (Å²) in [6.45, 7) is 1.65. The van der Waals surface area contributed by atoms with Gasteiger partial charge < -0.3 is 14.2 Å². The first-order chi connectivity index (χ1) is 18.5. The van der Waals surface area contributed by atoms with Crippen molar-refractivity contribution in [1.82, 2.24) is 5.43 Å². The molecule has 1 amide bonds. The molecule has 0 spiro atoms. The molecule has 0 saturated carbocycles. The fourth-order valence-electron chi connectivity index (χ4n) is 3.31. The molecule has 0 aliphatic carbocycles. The number of nitrogens with one attached hydrogen (secondary N) is 1. The predicted octanol–water partition coefficient (Wildman–Crippen LogP) is 4.96. The number of para-hydroxylation sites is 1. The summed E-state index contributed by atoms with van der Waals surface area (Å²) in [5.74, 6) is -0.784. The maximum atomic E-state index is 12.7. The highest BCUT2D eigenvalue weighted by molar-refractivity contribution is 5.94. The summed E-state index contributed by atoms with van der Waals surface area (Å²) in [5.41, 5.74) is 4.36. The quantitative estimate of drug-likeness (QED) is 0.148. The van der Waals surface area contributed by atoms with Gasteiger partial charge in [0.25, 0.3) is 5.91 Å². The number of ether oxygens (including phenoxy) is 3. The van der Waals surface area contributed by atoms with Crippen molar-refractivity contribution in [1.29, 1.82) is 0 Å². The van der Waals surface area contributed by atoms with Crippen molar-refractivity contribution in [2.45, 2.75) is 6.92 Å². The molecule has 0 atom stereocenters. The van der Waals surface area contributed by atoms with E-state index in [9.17, 15) is 14.4 Å². The summed E-state index contributed by atoms with van der Waals surface area (Å²) in [6, 6.07) is 28.8. The smallest absolute Gasteiger partial charge is 0.343 e. The standard InChI is InChI=1S/C30H24N2O6/c1-21-10-8-9-15-26(21)36-20-28(33)32-31-19-24-16-17-25(37-29(34)22-11-4-2-5-12-22)18-27(24)38-30(35)23-13-6-3-7-14-23/h2-19H,20H2,1H3,(H,32,33). The van der Waals surface area contributed by atoms with Crippen LogP contribution in [0.2, 0.25) is 0 Å². The normalized spacial score (nSPS) is 10.6. The van der Waals surface area contributed by atoms with E-state index in [1.54, 1.807) is 72.8 Å². The first-order valence-electron chi connectivity index (χ1n) is 11.7. The summed E-state index contributed by atoms with van der Waals surface area (Å²) in [6.07, 6.45) is 1.32. The Morgan fingerprint density at radius 2 is 1.34 bits per heavy atom. The molecule has 1 N–H and O–H groups in total. The van der Waals surface area contributed by atoms with E-state index < -0.39 is 17.8 Å². The maximum Gasteiger partial charge on any atom is 0.343 e. The van der Waals surface area contributed by atoms with E-state index in [0.29, 0.717) is 22.4 Å². The number of hydrazone groups is 1. The molecule has 0 saturated heterocycles. The third-order valence-corrected chi connectivity index (χ3v) is 5.26. The van der Waals surface area contributed by atoms with E-state index >= 15 is 0 Å². The molecule has 8 nitrogen and oxygen atoms in total. The van der Waals surface area contributed by atoms with Gasteiger partial charge in [-0.1, -0.05) is 54.6 Å². The lowest BCUT2D eigenvalue weighted by Gasteiger charge is -2.11. The molecule has 4 rings (SSSR count). The number of aryl methyl sites for hydroxylation is 1. The zero-order valence-corrected chi connectivity index (χ0v) is 20.5. The minimum atomic E-state index is -0.609. The van der Waals surface area contributed by atoms with Crippen LogP contribution in [0.25, 0.3) is 0 Å². The van der Waals surface area contributed by atoms with Gasteiger partial charge in [-0.2, -0.15) is 5.10 Å². The predicted molar refractivity (Wildman–Crippen MR) is 142 cm³/mol. The largest absolute Gasteiger partial charge is 0.483 e. The molecule has 4 aromatic carbocycles. The van der Waals surface area contributed by atoms with E-state index in [-0.39, 0.29) is 18.1 Å². The number of carbonyl (C=O) groups is 3. The van der Waals surface area contributed by atoms with Crippen LogP contribution in [0, 0.1) is 6.92 Å². The minimum Gasteiger partial charge on any atom is -0.483 e. The lowest BCUT2D eigenvalue weighted by Crippen LogP contribution is -2.24. The van der Waals surface area contributed by atoms with Gasteiger partial charge in [0.2, 0.25) is 0 Å². The van der Waals surface area contributed by atoms with Crippen LogP contribution in [0.4, 0.5) is 0 Å². The average molecular weight is 509 g/mol. The molecule has 0 radical (unpaired) electrons. The second-order valence-corrected chi connectivity index (χ2v) is 8.06. The van der Waals surface area contributed by atoms with Crippen LogP contribution < -0.4 is 19.6 Å². The molecule has 0 heterocycles. The van der Waals surface area contributed by atoms with E-state index in [4.69, 9.17) is 14.2 Å². The third kappa shape index (κ3) is 7.14. The lowest BCUT2D eigenvalue weighted by atomic mass is 10.2. The molecule has 38 heavy (non-hydrogen) atoms. The zero-order valence-electron chi connectivity index (χ0n) is 20.5. The van der Waals surface area contributed by atoms with E-state index in [1.807, 2.05) is 25.1 Å². The number of amides is 1. The fourth-order valence-corrected chi connectivity index (χ4v) is 3.31. The highest BCUT2D eigenvalue weighted by atomic mass is 16.5. The molecule has 0 aliphatic heterocycles. The van der Waals surface area contributed by atoms with Gasteiger partial charge in [-0.25, -0.2) is 15.0 Å². The molecule has 4 aromatic rings. The second-order valence-electron chi connectivity index (χ2n) is 8.06. The Bertz CT molecular complexity index is 1450. The molecule has 0 unspecified atom stereocenters. The van der Waals surface area contributed by atoms with Gasteiger partial charge in [-0.05, 0) is 55.0 Å². The Hall–Kier alpha value is -5.24. The van der Waals surface area contributed by atoms with Gasteiger partial charge in [0.1, 0.15) is 17.2 Å². The van der Waals surface area contributed by atoms with Gasteiger partial charge in [-0.15, -0.1) is 0 Å². The van der Waals surface area contributed by atoms with Crippen molar-refractivity contribution in [2.24, 2.45) is 5.10 Å². The topological polar surface area (TPSA) is 103 Å². The Labute approximate surface area is 219 Å². The van der Waals surface area contributed by atoms with Crippen LogP contribution >= 0.6 is 0 Å². The maximum absolute atomic E-state index is 12.7. The van der Waals surface area contributed by atoms with Crippen LogP contribution in [0.5, 0.6) is 17.2 Å². The van der Waals surface area contributed by atoms with Gasteiger partial charge in [0.15, 0.2) is 6.61 Å². The number of hydrogen-bond acceptors (Lipinski definition) is 7. The van der Waals surface area contributed by atoms with Gasteiger partial charge in [0.05, 0.1) is 17.3 Å². The van der Waals surface area contributed by atoms with Crippen molar-refractivity contribution < 1.29 is 28.6 Å². The molecule has 0 bridgehead atoms. The monoisotopic (exact) mass is 508 g/mol. The molecular formula is C30H24N2O6. The van der Waals surface area contributed by atoms with Crippen molar-refractivity contribution >= 4 is 24.1 Å². The van der Waals surface area contributed by atoms with E-state index in [1.165, 1.54) is 18.3 Å². The fraction of sp³-hybridized carbons (Fsp3) is 0.0667. The van der Waals surface area contributed by atoms with Crippen molar-refractivity contribution in [3.63, 3.8) is 0 Å². The van der Waals surface area contributed by atoms with E-state index in [0.717, 1.165) is 5.56 Å². The minimum absolute atomic E-state index is 0.0892. The number of hydrogen-bond donors (Lipinski definition) is 1. The van der Waals surface area contributed by atoms with E-state index in [2.05, 4.69) is 10.5 Å². The average Bonchev–Trinajstić information content (AvgIpc) is 2.94. The lowest BCUT2D eigenvalue weighted by molar-refractivity contribution is -0.123. The van der Waals surface area contributed by atoms with Crippen LogP contribution in [0.3, 0.4) is 0 Å². The first-order valence-corrected chi connectivity index (χ1v) is 11.7. The summed E-state index contributed by atoms with van der Waals surface area (Å²) >= 11 is 0. The SMILES string of the molecule is Cc1ccccc1OCC(=O)NN=Cc1ccc(OC(=O)c2ccccc2)cc1OC(=O)c1ccccc1. The Balaban J connectivity index is 1.47. The van der Waals surface area contributed by atoms with Crippen molar-refractivity contribution in [3.8, 4) is 17.2 Å². The molecular weight excluding hydrogens is 484 g/mol. The number of rotatable bonds is 9. The number of nitrogens with zero attached hydrogens (tertiary/aromatic N) is 1. The Morgan fingerprint density at radius 3 is 2.00 bits per heavy atom. The third-order valence-electron chi connectivity index (χ3n) is 5.26. The highest BCUT2D eigenvalue weighted by Crippen LogP contribution is 2.26. The Kier molecular flexibility index (Phi) is 8.60. The molecule has 8 heteroatoms. The van der Waals surface area contributed by atoms with Gasteiger partial charge in [-0.3, -0.25) is 4.79 Å². The number of carbonyl (C=O) groups excluding carboxylic acids is 3. The molecule has 0 aromatic heterocycles. The van der Waals surface area contributed by atoms with Gasteiger partial charge in [0, 0.05) is 11.6 Å². The van der Waals surface area contributed by atoms with Crippen LogP contribution in [0.15, 0.2) is 108 Å². The summed E-state index contributed by atoms with van der Waals surface area (Å²) in [7, 11) is 0. The molecule has 190 valence electrons. The molecule has 0 fully saturated rings. The van der Waals surface area contributed by atoms with Gasteiger partial charge >= 0.3 is 11.9 Å². The van der Waals surface area contributed by atoms with Crippen LogP contribution in [0.1, 0.15) is 31.8 Å². The first kappa shape index (κ1) is 25.8. The van der Waals surface area contributed by atoms with Crippen molar-refractivity contribution in [2.75, 3.05) is 6.61 Å². The molecule has 0 aliphatic rings. The second kappa shape index (κ2) is 12.6. The van der Waals surface area contributed by atoms with Crippen LogP contribution in [-0.2, 0) is 4.79 Å². The van der Waals surface area contributed by atoms with Crippen molar-refractivity contribution in [3.05, 3.63) is 125 Å². The Morgan fingerprint density at radius 1 is 0.737 bits per heavy atom. The van der Waals surface area contributed by atoms with Crippen LogP contribution in [-0.4, -0.2) is 30.7 Å². The number of benzene rings is 4. The highest BCUT2D eigenvalue weighted by Gasteiger charge is 2.15. The summed E-state index contributed by atoms with van der Waals surface area (Å²) in [4.78, 5) is 37.3. The summed E-state index contributed by atoms with van der Waals surface area (Å²) < 4.78 is 16.5. The summed E-state index contributed by atoms with van der Waals surface area (Å²) in [5, 5.41) is 3.95. The zero-order chi connectivity index (χ0) is 26.7. The number of esters is 2.